The lowest BCUT2D eigenvalue weighted by Crippen LogP contribution is -2.38. The summed E-state index contributed by atoms with van der Waals surface area (Å²) in [6, 6.07) is 4.67. The van der Waals surface area contributed by atoms with Gasteiger partial charge in [-0.1, -0.05) is 0 Å². The monoisotopic (exact) mass is 218 g/mol. The third-order valence-electron chi connectivity index (χ3n) is 3.72. The molecule has 2 N–H and O–H groups in total. The second-order valence-electron chi connectivity index (χ2n) is 4.72. The second kappa shape index (κ2) is 3.94. The van der Waals surface area contributed by atoms with Gasteiger partial charge in [-0.05, 0) is 25.0 Å². The summed E-state index contributed by atoms with van der Waals surface area (Å²) in [5, 5.41) is 0. The van der Waals surface area contributed by atoms with Gasteiger partial charge >= 0.3 is 0 Å². The van der Waals surface area contributed by atoms with Crippen molar-refractivity contribution in [2.24, 2.45) is 0 Å². The Hall–Kier alpha value is -1.29. The molecule has 4 nitrogen and oxygen atoms in total. The van der Waals surface area contributed by atoms with E-state index in [1.165, 1.54) is 32.5 Å². The molecule has 0 saturated carbocycles. The van der Waals surface area contributed by atoms with Crippen LogP contribution in [-0.2, 0) is 0 Å². The number of pyridine rings is 1. The van der Waals surface area contributed by atoms with Crippen molar-refractivity contribution in [3.05, 3.63) is 18.3 Å². The van der Waals surface area contributed by atoms with Gasteiger partial charge < -0.3 is 15.5 Å². The third-order valence-corrected chi connectivity index (χ3v) is 3.72. The molecule has 0 atom stereocenters. The van der Waals surface area contributed by atoms with Crippen LogP contribution in [0.1, 0.15) is 12.8 Å². The Kier molecular flexibility index (Phi) is 2.44. The summed E-state index contributed by atoms with van der Waals surface area (Å²) in [6.45, 7) is 4.76. The van der Waals surface area contributed by atoms with E-state index in [1.807, 2.05) is 12.1 Å². The average molecular weight is 218 g/mol. The molecule has 0 aliphatic carbocycles. The van der Waals surface area contributed by atoms with Gasteiger partial charge in [0, 0.05) is 32.2 Å². The molecule has 4 heterocycles. The maximum Gasteiger partial charge on any atom is 0.128 e. The quantitative estimate of drug-likeness (QED) is 0.762. The van der Waals surface area contributed by atoms with Crippen LogP contribution in [0.4, 0.5) is 11.5 Å². The van der Waals surface area contributed by atoms with Crippen molar-refractivity contribution in [3.8, 4) is 0 Å². The molecule has 4 heteroatoms. The predicted molar refractivity (Wildman–Crippen MR) is 65.5 cm³/mol. The van der Waals surface area contributed by atoms with Crippen molar-refractivity contribution in [1.29, 1.82) is 0 Å². The number of hydrogen-bond acceptors (Lipinski definition) is 4. The molecule has 1 aromatic rings. The van der Waals surface area contributed by atoms with Crippen molar-refractivity contribution in [3.63, 3.8) is 0 Å². The molecule has 86 valence electrons. The Balaban J connectivity index is 1.85. The minimum atomic E-state index is 0.676. The van der Waals surface area contributed by atoms with Crippen molar-refractivity contribution in [2.75, 3.05) is 36.8 Å². The van der Waals surface area contributed by atoms with Crippen LogP contribution < -0.4 is 10.6 Å². The van der Waals surface area contributed by atoms with E-state index >= 15 is 0 Å². The topological polar surface area (TPSA) is 45.4 Å². The normalized spacial score (nSPS) is 29.1. The van der Waals surface area contributed by atoms with Crippen molar-refractivity contribution >= 4 is 11.5 Å². The first-order valence-electron chi connectivity index (χ1n) is 6.03. The summed E-state index contributed by atoms with van der Waals surface area (Å²) in [5.41, 5.74) is 6.42. The van der Waals surface area contributed by atoms with E-state index in [0.29, 0.717) is 6.04 Å². The minimum absolute atomic E-state index is 0.676. The highest BCUT2D eigenvalue weighted by atomic mass is 15.3. The molecule has 2 bridgehead atoms. The molecule has 3 aliphatic rings. The Morgan fingerprint density at radius 1 is 1.12 bits per heavy atom. The maximum atomic E-state index is 5.67. The number of piperidine rings is 1. The molecular formula is C12H18N4. The van der Waals surface area contributed by atoms with Crippen LogP contribution in [0.15, 0.2) is 18.3 Å². The number of nitrogens with zero attached hydrogens (tertiary/aromatic N) is 3. The van der Waals surface area contributed by atoms with E-state index in [1.54, 1.807) is 6.20 Å². The molecule has 0 spiro atoms. The molecule has 3 saturated heterocycles. The molecule has 0 amide bonds. The highest BCUT2D eigenvalue weighted by molar-refractivity contribution is 5.46. The Bertz CT molecular complexity index is 354. The molecule has 1 aromatic heterocycles. The first-order valence-corrected chi connectivity index (χ1v) is 6.03. The number of anilines is 2. The van der Waals surface area contributed by atoms with Crippen LogP contribution in [0.5, 0.6) is 0 Å². The van der Waals surface area contributed by atoms with E-state index in [2.05, 4.69) is 14.8 Å². The molecule has 3 aliphatic heterocycles. The van der Waals surface area contributed by atoms with Crippen LogP contribution in [0.2, 0.25) is 0 Å². The number of rotatable bonds is 1. The highest BCUT2D eigenvalue weighted by Crippen LogP contribution is 2.25. The highest BCUT2D eigenvalue weighted by Gasteiger charge is 2.29. The SMILES string of the molecule is Nc1ccc(N2CCN3CCC2CC3)nc1. The van der Waals surface area contributed by atoms with Gasteiger partial charge in [0.05, 0.1) is 11.9 Å². The van der Waals surface area contributed by atoms with Crippen molar-refractivity contribution in [2.45, 2.75) is 18.9 Å². The Morgan fingerprint density at radius 2 is 1.94 bits per heavy atom. The first-order chi connectivity index (χ1) is 7.83. The first kappa shape index (κ1) is 9.90. The molecule has 0 radical (unpaired) electrons. The number of fused-ring (bicyclic) bond motifs is 4. The van der Waals surface area contributed by atoms with Crippen molar-refractivity contribution < 1.29 is 0 Å². The van der Waals surface area contributed by atoms with E-state index < -0.39 is 0 Å². The van der Waals surface area contributed by atoms with Crippen LogP contribution in [0.25, 0.3) is 0 Å². The number of nitrogens with two attached hydrogens (primary N) is 1. The van der Waals surface area contributed by atoms with Crippen LogP contribution in [-0.4, -0.2) is 42.1 Å². The van der Waals surface area contributed by atoms with Gasteiger partial charge in [-0.3, -0.25) is 0 Å². The summed E-state index contributed by atoms with van der Waals surface area (Å²) in [5.74, 6) is 1.09. The maximum absolute atomic E-state index is 5.67. The summed E-state index contributed by atoms with van der Waals surface area (Å²) in [4.78, 5) is 9.44. The summed E-state index contributed by atoms with van der Waals surface area (Å²) < 4.78 is 0. The van der Waals surface area contributed by atoms with Gasteiger partial charge in [-0.2, -0.15) is 0 Å². The zero-order valence-electron chi connectivity index (χ0n) is 9.47. The lowest BCUT2D eigenvalue weighted by molar-refractivity contribution is 0.250. The fourth-order valence-corrected chi connectivity index (χ4v) is 2.76. The molecule has 0 unspecified atom stereocenters. The minimum Gasteiger partial charge on any atom is -0.397 e. The zero-order chi connectivity index (χ0) is 11.0. The predicted octanol–water partition coefficient (Wildman–Crippen LogP) is 0.948. The third kappa shape index (κ3) is 1.73. The second-order valence-corrected chi connectivity index (χ2v) is 4.72. The molecule has 16 heavy (non-hydrogen) atoms. The summed E-state index contributed by atoms with van der Waals surface area (Å²) >= 11 is 0. The number of hydrogen-bond donors (Lipinski definition) is 1. The van der Waals surface area contributed by atoms with Gasteiger partial charge in [0.2, 0.25) is 0 Å². The van der Waals surface area contributed by atoms with Crippen LogP contribution in [0.3, 0.4) is 0 Å². The van der Waals surface area contributed by atoms with E-state index in [4.69, 9.17) is 5.73 Å². The van der Waals surface area contributed by atoms with Gasteiger partial charge in [-0.25, -0.2) is 4.98 Å². The summed E-state index contributed by atoms with van der Waals surface area (Å²) in [6.07, 6.45) is 4.30. The largest absolute Gasteiger partial charge is 0.397 e. The Morgan fingerprint density at radius 3 is 2.62 bits per heavy atom. The van der Waals surface area contributed by atoms with Gasteiger partial charge in [0.15, 0.2) is 0 Å². The van der Waals surface area contributed by atoms with Crippen molar-refractivity contribution in [1.82, 2.24) is 9.88 Å². The van der Waals surface area contributed by atoms with Gasteiger partial charge in [0.1, 0.15) is 5.82 Å². The lowest BCUT2D eigenvalue weighted by Gasteiger charge is -2.32. The van der Waals surface area contributed by atoms with Crippen LogP contribution >= 0.6 is 0 Å². The molecule has 3 fully saturated rings. The lowest BCUT2D eigenvalue weighted by atomic mass is 10.1. The fourth-order valence-electron chi connectivity index (χ4n) is 2.76. The molecule has 0 aromatic carbocycles. The summed E-state index contributed by atoms with van der Waals surface area (Å²) in [7, 11) is 0. The van der Waals surface area contributed by atoms with E-state index in [-0.39, 0.29) is 0 Å². The fraction of sp³-hybridized carbons (Fsp3) is 0.583. The van der Waals surface area contributed by atoms with Crippen LogP contribution in [0, 0.1) is 0 Å². The number of aromatic nitrogens is 1. The average Bonchev–Trinajstić information content (AvgIpc) is 2.64. The standard InChI is InChI=1S/C12H18N4/c13-10-1-2-12(14-9-10)16-8-7-15-5-3-11(16)4-6-15/h1-2,9,11H,3-8,13H2. The molecular weight excluding hydrogens is 200 g/mol. The number of nitrogen functional groups attached to an aromatic ring is 1. The van der Waals surface area contributed by atoms with Gasteiger partial charge in [-0.15, -0.1) is 0 Å². The zero-order valence-corrected chi connectivity index (χ0v) is 9.47. The van der Waals surface area contributed by atoms with Gasteiger partial charge in [0.25, 0.3) is 0 Å². The molecule has 4 rings (SSSR count). The smallest absolute Gasteiger partial charge is 0.128 e. The van der Waals surface area contributed by atoms with E-state index in [9.17, 15) is 0 Å². The Labute approximate surface area is 96.1 Å². The van der Waals surface area contributed by atoms with E-state index in [0.717, 1.165) is 18.1 Å².